The Morgan fingerprint density at radius 2 is 1.18 bits per heavy atom. The third-order valence-corrected chi connectivity index (χ3v) is 11.0. The third kappa shape index (κ3) is 40.7. The smallest absolute Gasteiger partial charge is 1.00 e. The van der Waals surface area contributed by atoms with Crippen LogP contribution in [0.3, 0.4) is 0 Å². The Labute approximate surface area is 650 Å². The zero-order valence-corrected chi connectivity index (χ0v) is 62.7. The van der Waals surface area contributed by atoms with E-state index in [0.29, 0.717) is 23.1 Å². The van der Waals surface area contributed by atoms with E-state index >= 15 is 0 Å². The Morgan fingerprint density at radius 3 is 1.58 bits per heavy atom. The number of alkyl carbamates (subject to hydrolysis) is 3. The molecule has 4 atom stereocenters. The van der Waals surface area contributed by atoms with E-state index in [1.165, 1.54) is 59.3 Å². The number of aliphatic hydroxyl groups is 1. The molecule has 105 heavy (non-hydrogen) atoms. The van der Waals surface area contributed by atoms with Crippen LogP contribution in [0.2, 0.25) is 5.15 Å². The third-order valence-electron chi connectivity index (χ3n) is 10.5. The summed E-state index contributed by atoms with van der Waals surface area (Å²) < 4.78 is 49.7. The number of ether oxygens (including phenoxy) is 6. The van der Waals surface area contributed by atoms with Gasteiger partial charge in [-0.25, -0.2) is 38.9 Å². The summed E-state index contributed by atoms with van der Waals surface area (Å²) in [7, 11) is 5.22. The Balaban J connectivity index is -0.000000179. The average Bonchev–Trinajstić information content (AvgIpc) is 1.71. The number of alkyl halides is 1. The number of anilines is 2. The van der Waals surface area contributed by atoms with Gasteiger partial charge in [-0.15, -0.1) is 0 Å². The fourth-order valence-corrected chi connectivity index (χ4v) is 6.39. The van der Waals surface area contributed by atoms with Crippen molar-refractivity contribution in [2.45, 2.75) is 126 Å². The molecular weight excluding hydrogens is 1500 g/mol. The van der Waals surface area contributed by atoms with Crippen molar-refractivity contribution < 1.29 is 134 Å². The number of nitrogens with two attached hydrogens (primary N) is 1. The number of aliphatic carboxylic acids is 2. The van der Waals surface area contributed by atoms with Gasteiger partial charge >= 0.3 is 82.5 Å². The van der Waals surface area contributed by atoms with Gasteiger partial charge in [-0.1, -0.05) is 33.9 Å². The fourth-order valence-electron chi connectivity index (χ4n) is 6.23. The van der Waals surface area contributed by atoms with Gasteiger partial charge in [0.15, 0.2) is 12.1 Å². The molecule has 5 amide bonds. The molecule has 0 unspecified atom stereocenters. The van der Waals surface area contributed by atoms with E-state index in [2.05, 4.69) is 61.8 Å². The van der Waals surface area contributed by atoms with Crippen LogP contribution in [0, 0.1) is 40.5 Å². The zero-order chi connectivity index (χ0) is 75.9. The van der Waals surface area contributed by atoms with Crippen molar-refractivity contribution in [2.75, 3.05) is 50.8 Å². The van der Waals surface area contributed by atoms with Gasteiger partial charge in [0.2, 0.25) is 22.8 Å². The minimum atomic E-state index is -1.45. The Bertz CT molecular complexity index is 3670. The number of hydrogen-bond donors (Lipinski definition) is 11. The molecule has 0 bridgehead atoms. The quantitative estimate of drug-likeness (QED) is 0.0341. The molecule has 0 saturated carbocycles. The fraction of sp³-hybridized carbons (Fsp3) is 0.528. The van der Waals surface area contributed by atoms with Crippen LogP contribution in [0.25, 0.3) is 0 Å². The summed E-state index contributed by atoms with van der Waals surface area (Å²) in [5.74, 6) is -2.59. The Morgan fingerprint density at radius 1 is 0.714 bits per heavy atom. The zero-order valence-electron chi connectivity index (χ0n) is 59.0. The number of fused-ring (bicyclic) bond motifs is 2. The van der Waals surface area contributed by atoms with Gasteiger partial charge in [-0.05, 0) is 62.3 Å². The summed E-state index contributed by atoms with van der Waals surface area (Å²) in [6.07, 6.45) is 7.52. The standard InChI is InChI=1S/C12H18N4O7.C11H16N4O4.C8H15NO5.C7H10N4O2.C4H4ClN3O2.C4H5N3O2.C3H3N3O2.CH3F.3CH4.Na.3H2S.H/c1-12(2,3)23-11(19)14-7(10(17)18)6-22-9-8(16(20)21)5-13-15(9)4;1-11(2,3)19-10(17)14-7-5-18-9-6(4-12-15-9)13-8(7)16;1-8(2,3)14-7(13)9-5(4-10)6(11)12;1-11-5-2-9-10-6(5)13-3-4(8)7(11)12;1-7-4(5)3(2-6-7)8(9)10;1-6-3-4(2-5-6)7(8)9;7-6(8)3-1-4-5-2-3;1-2;;;;;;;;/h5,7H,6H2,1-4H3,(H,14,19)(H,17,18);4,7H,5H2,1-3H3,(H,12,15)(H,13,16)(H,14,17);5,10H,4H2,1-3H3,(H,9,13)(H,11,12);2,4H,3,8H2,1H3,(H,9,10);2H,1H3;2-3H,1H3;1-2H,(H,4,5);1H3;3*1H4;;3*1H2;/q;;;;;;;;;;;+1;;;;-1/t2*7-;5-;4-;;;;;;;;;;;;/m0000............/s1/i;;;;;;;1D;;;;;;;;. The molecule has 8 heterocycles. The predicted octanol–water partition coefficient (Wildman–Crippen LogP) is 1.94. The molecule has 0 fully saturated rings. The second-order valence-electron chi connectivity index (χ2n) is 21.8. The maximum absolute atomic E-state index is 11.9. The van der Waals surface area contributed by atoms with Crippen molar-refractivity contribution in [2.24, 2.45) is 26.9 Å². The number of likely N-dealkylation sites (N-methyl/N-ethyl adjacent to an activating group) is 1. The number of hydrogen-bond acceptors (Lipinski definition) is 29. The van der Waals surface area contributed by atoms with Gasteiger partial charge in [0.25, 0.3) is 11.8 Å². The molecule has 2 aliphatic rings. The molecule has 0 saturated heterocycles. The number of carboxylic acids is 2. The Hall–Kier alpha value is -9.86. The van der Waals surface area contributed by atoms with Crippen molar-refractivity contribution in [1.82, 2.24) is 75.9 Å². The molecule has 2 aliphatic heterocycles. The number of amides is 5. The molecule has 52 heteroatoms. The van der Waals surface area contributed by atoms with E-state index in [0.717, 1.165) is 23.3 Å². The summed E-state index contributed by atoms with van der Waals surface area (Å²) >= 11 is 5.46. The number of nitrogens with zero attached hydrogens (tertiary/aromatic N) is 14. The second kappa shape index (κ2) is 51.3. The van der Waals surface area contributed by atoms with Crippen molar-refractivity contribution in [3.63, 3.8) is 0 Å². The first-order valence-corrected chi connectivity index (χ1v) is 27.7. The van der Waals surface area contributed by atoms with Crippen molar-refractivity contribution in [3.8, 4) is 17.6 Å². The minimum absolute atomic E-state index is 0. The van der Waals surface area contributed by atoms with Crippen molar-refractivity contribution >= 4 is 128 Å². The van der Waals surface area contributed by atoms with Crippen LogP contribution in [0.5, 0.6) is 17.6 Å². The number of nitro groups is 4. The molecule has 592 valence electrons. The van der Waals surface area contributed by atoms with Crippen molar-refractivity contribution in [1.29, 1.82) is 0 Å². The van der Waals surface area contributed by atoms with E-state index in [-0.39, 0.29) is 147 Å². The number of aromatic amines is 3. The second-order valence-corrected chi connectivity index (χ2v) is 22.2. The number of carbonyl (C=O) groups is 7. The van der Waals surface area contributed by atoms with E-state index in [4.69, 9.17) is 62.4 Å². The summed E-state index contributed by atoms with van der Waals surface area (Å²) in [6, 6.07) is -4.20. The minimum Gasteiger partial charge on any atom is -1.00 e. The number of carboxylic acid groups (broad SMARTS) is 2. The first-order chi connectivity index (χ1) is 45.9. The topological polar surface area (TPSA) is 625 Å². The van der Waals surface area contributed by atoms with Crippen LogP contribution >= 0.6 is 52.1 Å². The molecule has 0 aromatic carbocycles. The molecule has 0 spiro atoms. The van der Waals surface area contributed by atoms with Gasteiger partial charge in [0.1, 0.15) is 91.1 Å². The Kier molecular flexibility index (Phi) is 51.9. The van der Waals surface area contributed by atoms with Crippen LogP contribution in [0.1, 0.15) is 87.4 Å². The average molecular weight is 1600 g/mol. The summed E-state index contributed by atoms with van der Waals surface area (Å²) in [6.45, 7) is 14.0. The number of nitrogens with one attached hydrogen (secondary N) is 7. The molecule has 6 aromatic rings. The first-order valence-electron chi connectivity index (χ1n) is 28.0. The van der Waals surface area contributed by atoms with Crippen LogP contribution in [0.15, 0.2) is 49.6 Å². The number of aryl methyl sites for hydroxylation is 3. The summed E-state index contributed by atoms with van der Waals surface area (Å²) in [5, 5.41) is 105. The largest absolute Gasteiger partial charge is 1.00 e. The van der Waals surface area contributed by atoms with Gasteiger partial charge < -0.3 is 77.1 Å². The van der Waals surface area contributed by atoms with Gasteiger partial charge in [-0.2, -0.15) is 71.1 Å². The van der Waals surface area contributed by atoms with Crippen LogP contribution < -0.4 is 75.7 Å². The number of aliphatic hydroxyl groups excluding tert-OH is 1. The SMILES string of the molecule is C.C.C.CC(C)(C)OC(=O)N[C@@H](CO)C(=O)O.CC(C)(C)OC(=O)N[C@H]1COc2[nH]ncc2NC1=O.CN1C(=O)[C@@H](N)COc2[nH]ncc21.Cn1cc([N+](=O)[O-])cn1.Cn1ncc([N+](=O)[O-])c1Cl.Cn1ncc([N+](=O)[O-])c1OC[C@H](NC(=O)OC(C)(C)C)C(=O)O.O=[N+]([O-])c1cn[nH]c1.S.S.S.[2H]CF.[H-].[Na+]. The van der Waals surface area contributed by atoms with E-state index in [9.17, 15) is 78.4 Å². The molecule has 6 aromatic heterocycles. The van der Waals surface area contributed by atoms with Crippen molar-refractivity contribution in [3.05, 3.63) is 95.2 Å². The van der Waals surface area contributed by atoms with Gasteiger partial charge in [-0.3, -0.25) is 68.9 Å². The van der Waals surface area contributed by atoms with Gasteiger partial charge in [0.05, 0.1) is 53.4 Å². The number of H-pyrrole nitrogens is 3. The maximum atomic E-state index is 11.9. The molecule has 0 radical (unpaired) electrons. The van der Waals surface area contributed by atoms with E-state index in [1.54, 1.807) is 76.4 Å². The normalized spacial score (nSPS) is 13.2. The summed E-state index contributed by atoms with van der Waals surface area (Å²) in [4.78, 5) is 119. The monoisotopic (exact) mass is 1600 g/mol. The maximum Gasteiger partial charge on any atom is 1.00 e. The van der Waals surface area contributed by atoms with Crippen LogP contribution in [0.4, 0.5) is 52.9 Å². The number of rotatable bonds is 13. The summed E-state index contributed by atoms with van der Waals surface area (Å²) in [5.41, 5.74) is 3.95. The first kappa shape index (κ1) is 106. The molecule has 12 N–H and O–H groups in total. The number of halogens is 2. The molecular formula is C53H93ClFN22NaO24S3. The van der Waals surface area contributed by atoms with Crippen LogP contribution in [-0.2, 0) is 54.5 Å². The predicted molar refractivity (Wildman–Crippen MR) is 385 cm³/mol. The number of carbonyl (C=O) groups excluding carboxylic acids is 5. The van der Waals surface area contributed by atoms with E-state index in [1.807, 2.05) is 5.32 Å². The molecule has 0 aliphatic carbocycles. The van der Waals surface area contributed by atoms with Gasteiger partial charge in [0, 0.05) is 28.2 Å². The molecule has 46 nitrogen and oxygen atoms in total. The molecule has 8 rings (SSSR count). The number of aromatic nitrogens is 12. The van der Waals surface area contributed by atoms with E-state index < -0.39 is 117 Å². The van der Waals surface area contributed by atoms with Crippen LogP contribution in [-0.4, -0.2) is 219 Å².